The summed E-state index contributed by atoms with van der Waals surface area (Å²) in [5.41, 5.74) is 3.93. The van der Waals surface area contributed by atoms with Crippen LogP contribution in [0.2, 0.25) is 5.02 Å². The summed E-state index contributed by atoms with van der Waals surface area (Å²) < 4.78 is 3.35. The molecule has 6 nitrogen and oxygen atoms in total. The molecule has 0 amide bonds. The van der Waals surface area contributed by atoms with Crippen molar-refractivity contribution in [2.24, 2.45) is 0 Å². The van der Waals surface area contributed by atoms with Gasteiger partial charge in [0.05, 0.1) is 17.4 Å². The number of halogens is 1. The highest BCUT2D eigenvalue weighted by atomic mass is 35.5. The fourth-order valence-electron chi connectivity index (χ4n) is 3.16. The molecule has 0 spiro atoms. The van der Waals surface area contributed by atoms with Crippen molar-refractivity contribution >= 4 is 17.2 Å². The molecule has 0 saturated heterocycles. The van der Waals surface area contributed by atoms with Gasteiger partial charge in [-0.05, 0) is 32.0 Å². The van der Waals surface area contributed by atoms with Crippen LogP contribution < -0.4 is 5.56 Å². The maximum absolute atomic E-state index is 12.6. The summed E-state index contributed by atoms with van der Waals surface area (Å²) in [6, 6.07) is 11.1. The van der Waals surface area contributed by atoms with Crippen molar-refractivity contribution in [1.29, 1.82) is 0 Å². The topological polar surface area (TPSA) is 68.0 Å². The maximum atomic E-state index is 12.6. The van der Waals surface area contributed by atoms with Crippen LogP contribution in [-0.2, 0) is 6.42 Å². The van der Waals surface area contributed by atoms with E-state index in [2.05, 4.69) is 17.1 Å². The van der Waals surface area contributed by atoms with Crippen molar-refractivity contribution in [2.75, 3.05) is 0 Å². The molecule has 26 heavy (non-hydrogen) atoms. The molecule has 4 aromatic rings. The molecule has 7 heteroatoms. The van der Waals surface area contributed by atoms with Crippen molar-refractivity contribution in [2.45, 2.75) is 26.3 Å². The van der Waals surface area contributed by atoms with Crippen LogP contribution >= 0.6 is 11.6 Å². The van der Waals surface area contributed by atoms with E-state index in [1.165, 1.54) is 4.52 Å². The van der Waals surface area contributed by atoms with Gasteiger partial charge in [0.15, 0.2) is 5.65 Å². The highest BCUT2D eigenvalue weighted by Gasteiger charge is 2.15. The number of aromatic amines is 1. The van der Waals surface area contributed by atoms with Crippen molar-refractivity contribution in [3.8, 4) is 11.3 Å². The largest absolute Gasteiger partial charge is 0.289 e. The van der Waals surface area contributed by atoms with E-state index in [1.54, 1.807) is 12.3 Å². The Morgan fingerprint density at radius 3 is 2.85 bits per heavy atom. The summed E-state index contributed by atoms with van der Waals surface area (Å²) in [7, 11) is 0. The van der Waals surface area contributed by atoms with E-state index in [-0.39, 0.29) is 11.6 Å². The molecule has 4 rings (SSSR count). The zero-order valence-electron chi connectivity index (χ0n) is 14.5. The average Bonchev–Trinajstić information content (AvgIpc) is 3.24. The Morgan fingerprint density at radius 2 is 2.12 bits per heavy atom. The number of aryl methyl sites for hydroxylation is 1. The van der Waals surface area contributed by atoms with E-state index in [4.69, 9.17) is 16.6 Å². The zero-order chi connectivity index (χ0) is 18.3. The minimum atomic E-state index is -0.131. The molecular formula is C19H18ClN5O. The predicted octanol–water partition coefficient (Wildman–Crippen LogP) is 3.65. The normalized spacial score (nSPS) is 12.6. The van der Waals surface area contributed by atoms with E-state index < -0.39 is 0 Å². The van der Waals surface area contributed by atoms with E-state index in [9.17, 15) is 4.79 Å². The second-order valence-electron chi connectivity index (χ2n) is 6.41. The van der Waals surface area contributed by atoms with Crippen molar-refractivity contribution < 1.29 is 0 Å². The number of nitrogens with zero attached hydrogens (tertiary/aromatic N) is 4. The van der Waals surface area contributed by atoms with Gasteiger partial charge in [-0.1, -0.05) is 23.7 Å². The zero-order valence-corrected chi connectivity index (χ0v) is 15.2. The van der Waals surface area contributed by atoms with Gasteiger partial charge in [0.2, 0.25) is 0 Å². The van der Waals surface area contributed by atoms with Crippen LogP contribution in [0.1, 0.15) is 24.2 Å². The lowest BCUT2D eigenvalue weighted by atomic mass is 10.1. The van der Waals surface area contributed by atoms with Gasteiger partial charge in [-0.2, -0.15) is 5.10 Å². The number of nitrogens with one attached hydrogen (secondary N) is 1. The Morgan fingerprint density at radius 1 is 1.27 bits per heavy atom. The van der Waals surface area contributed by atoms with Gasteiger partial charge in [-0.15, -0.1) is 0 Å². The van der Waals surface area contributed by atoms with E-state index in [1.807, 2.05) is 48.1 Å². The van der Waals surface area contributed by atoms with Crippen molar-refractivity contribution in [3.63, 3.8) is 0 Å². The lowest BCUT2D eigenvalue weighted by Crippen LogP contribution is -2.18. The van der Waals surface area contributed by atoms with Gasteiger partial charge in [-0.25, -0.2) is 9.50 Å². The summed E-state index contributed by atoms with van der Waals surface area (Å²) in [6.45, 7) is 4.01. The quantitative estimate of drug-likeness (QED) is 0.598. The van der Waals surface area contributed by atoms with Crippen LogP contribution in [-0.4, -0.2) is 24.4 Å². The fraction of sp³-hybridized carbons (Fsp3) is 0.211. The van der Waals surface area contributed by atoms with Crippen molar-refractivity contribution in [1.82, 2.24) is 24.4 Å². The molecule has 0 bridgehead atoms. The third-order valence-corrected chi connectivity index (χ3v) is 4.74. The Balaban J connectivity index is 1.77. The number of hydrogen-bond donors (Lipinski definition) is 1. The minimum absolute atomic E-state index is 0.117. The first kappa shape index (κ1) is 16.6. The fourth-order valence-corrected chi connectivity index (χ4v) is 3.35. The number of aromatic nitrogens is 5. The van der Waals surface area contributed by atoms with Crippen LogP contribution in [0.3, 0.4) is 0 Å². The van der Waals surface area contributed by atoms with Crippen LogP contribution in [0, 0.1) is 6.92 Å². The molecule has 0 aliphatic heterocycles. The van der Waals surface area contributed by atoms with Gasteiger partial charge in [0.1, 0.15) is 0 Å². The predicted molar refractivity (Wildman–Crippen MR) is 102 cm³/mol. The molecule has 0 radical (unpaired) electrons. The third kappa shape index (κ3) is 2.93. The molecule has 0 saturated carbocycles. The average molecular weight is 368 g/mol. The highest BCUT2D eigenvalue weighted by molar-refractivity contribution is 6.30. The Bertz CT molecular complexity index is 1130. The molecule has 1 N–H and O–H groups in total. The maximum Gasteiger partial charge on any atom is 0.272 e. The van der Waals surface area contributed by atoms with E-state index in [0.29, 0.717) is 17.1 Å². The van der Waals surface area contributed by atoms with Crippen molar-refractivity contribution in [3.05, 3.63) is 75.4 Å². The second-order valence-corrected chi connectivity index (χ2v) is 6.84. The molecule has 0 aliphatic carbocycles. The van der Waals surface area contributed by atoms with Gasteiger partial charge in [0, 0.05) is 41.0 Å². The Hall–Kier alpha value is -2.86. The third-order valence-electron chi connectivity index (χ3n) is 4.50. The molecule has 0 fully saturated rings. The van der Waals surface area contributed by atoms with Gasteiger partial charge >= 0.3 is 0 Å². The van der Waals surface area contributed by atoms with Gasteiger partial charge in [-0.3, -0.25) is 14.6 Å². The molecule has 1 atom stereocenters. The van der Waals surface area contributed by atoms with E-state index >= 15 is 0 Å². The smallest absolute Gasteiger partial charge is 0.272 e. The number of benzene rings is 1. The van der Waals surface area contributed by atoms with E-state index in [0.717, 1.165) is 22.5 Å². The molecule has 0 aliphatic rings. The number of fused-ring (bicyclic) bond motifs is 1. The lowest BCUT2D eigenvalue weighted by molar-refractivity contribution is 0.484. The summed E-state index contributed by atoms with van der Waals surface area (Å²) in [5, 5.41) is 8.05. The Kier molecular flexibility index (Phi) is 4.12. The summed E-state index contributed by atoms with van der Waals surface area (Å²) >= 11 is 6.10. The molecule has 132 valence electrons. The van der Waals surface area contributed by atoms with Gasteiger partial charge < -0.3 is 0 Å². The van der Waals surface area contributed by atoms with Crippen LogP contribution in [0.5, 0.6) is 0 Å². The summed E-state index contributed by atoms with van der Waals surface area (Å²) in [6.07, 6.45) is 4.29. The summed E-state index contributed by atoms with van der Waals surface area (Å²) in [5.74, 6) is 0. The molecule has 3 aromatic heterocycles. The van der Waals surface area contributed by atoms with Crippen LogP contribution in [0.4, 0.5) is 0 Å². The molecule has 1 unspecified atom stereocenters. The first-order chi connectivity index (χ1) is 12.5. The monoisotopic (exact) mass is 367 g/mol. The number of rotatable bonds is 4. The first-order valence-corrected chi connectivity index (χ1v) is 8.77. The second kappa shape index (κ2) is 6.46. The number of hydrogen-bond acceptors (Lipinski definition) is 3. The summed E-state index contributed by atoms with van der Waals surface area (Å²) in [4.78, 5) is 17.3. The first-order valence-electron chi connectivity index (χ1n) is 8.39. The van der Waals surface area contributed by atoms with Crippen LogP contribution in [0.25, 0.3) is 16.9 Å². The molecule has 3 heterocycles. The van der Waals surface area contributed by atoms with Crippen LogP contribution in [0.15, 0.2) is 53.6 Å². The lowest BCUT2D eigenvalue weighted by Gasteiger charge is -2.11. The SMILES string of the molecule is Cc1c(-c2cccc(Cl)c2)[nH]n2c(=O)cc(CC(C)n3cccn3)nc12. The molecule has 1 aromatic carbocycles. The highest BCUT2D eigenvalue weighted by Crippen LogP contribution is 2.26. The van der Waals surface area contributed by atoms with Gasteiger partial charge in [0.25, 0.3) is 5.56 Å². The molecular weight excluding hydrogens is 350 g/mol. The Labute approximate surface area is 155 Å². The minimum Gasteiger partial charge on any atom is -0.289 e. The standard InChI is InChI=1S/C19H18ClN5O/c1-12(24-8-4-7-21-24)9-16-11-17(26)25-19(22-16)13(2)18(23-25)14-5-3-6-15(20)10-14/h3-8,10-12,23H,9H2,1-2H3. The number of H-pyrrole nitrogens is 1.